The van der Waals surface area contributed by atoms with Crippen LogP contribution in [0, 0.1) is 46.3 Å². The van der Waals surface area contributed by atoms with Crippen LogP contribution in [0.4, 0.5) is 0 Å². The van der Waals surface area contributed by atoms with Crippen molar-refractivity contribution in [3.8, 4) is 0 Å². The highest BCUT2D eigenvalue weighted by molar-refractivity contribution is 5.27. The van der Waals surface area contributed by atoms with Crippen LogP contribution in [0.5, 0.6) is 0 Å². The largest absolute Gasteiger partial charge is 0.394 e. The summed E-state index contributed by atoms with van der Waals surface area (Å²) in [5.41, 5.74) is 0.465. The molecule has 25 heteroatoms. The van der Waals surface area contributed by atoms with Gasteiger partial charge in [-0.15, -0.1) is 0 Å². The molecule has 0 amide bonds. The lowest BCUT2D eigenvalue weighted by atomic mass is 9.46. The van der Waals surface area contributed by atoms with Crippen molar-refractivity contribution in [2.45, 2.75) is 226 Å². The van der Waals surface area contributed by atoms with Gasteiger partial charge in [0.2, 0.25) is 0 Å². The molecule has 9 aliphatic rings. The summed E-state index contributed by atoms with van der Waals surface area (Å²) < 4.78 is 53.7. The van der Waals surface area contributed by atoms with Crippen molar-refractivity contribution in [1.29, 1.82) is 0 Å². The van der Waals surface area contributed by atoms with Crippen LogP contribution in [0.2, 0.25) is 0 Å². The second-order valence-corrected chi connectivity index (χ2v) is 24.0. The minimum absolute atomic E-state index is 0.0794. The predicted molar refractivity (Wildman–Crippen MR) is 253 cm³/mol. The second-order valence-electron chi connectivity index (χ2n) is 24.0. The van der Waals surface area contributed by atoms with E-state index in [1.54, 1.807) is 0 Å². The van der Waals surface area contributed by atoms with Crippen molar-refractivity contribution in [2.75, 3.05) is 33.0 Å². The smallest absolute Gasteiger partial charge is 0.187 e. The highest BCUT2D eigenvalue weighted by atomic mass is 16.8. The minimum Gasteiger partial charge on any atom is -0.394 e. The summed E-state index contributed by atoms with van der Waals surface area (Å²) in [5, 5.41) is 171. The molecule has 16 N–H and O–H groups in total. The van der Waals surface area contributed by atoms with E-state index < -0.39 is 173 Å². The van der Waals surface area contributed by atoms with Crippen LogP contribution in [0.15, 0.2) is 11.6 Å². The van der Waals surface area contributed by atoms with Crippen LogP contribution in [0.1, 0.15) is 79.1 Å². The number of aliphatic hydroxyl groups excluding tert-OH is 15. The number of ether oxygens (including phenoxy) is 9. The van der Waals surface area contributed by atoms with E-state index >= 15 is 0 Å². The normalized spacial score (nSPS) is 54.8. The fraction of sp³-hybridized carbons (Fsp3) is 0.961. The molecule has 0 unspecified atom stereocenters. The quantitative estimate of drug-likeness (QED) is 0.0643. The van der Waals surface area contributed by atoms with Gasteiger partial charge < -0.3 is 124 Å². The molecule has 76 heavy (non-hydrogen) atoms. The van der Waals surface area contributed by atoms with Crippen LogP contribution >= 0.6 is 0 Å². The van der Waals surface area contributed by atoms with Gasteiger partial charge in [0.05, 0.1) is 51.3 Å². The maximum Gasteiger partial charge on any atom is 0.187 e. The van der Waals surface area contributed by atoms with E-state index in [0.717, 1.165) is 31.3 Å². The van der Waals surface area contributed by atoms with Gasteiger partial charge in [-0.2, -0.15) is 0 Å². The Morgan fingerprint density at radius 2 is 1.13 bits per heavy atom. The Morgan fingerprint density at radius 1 is 0.632 bits per heavy atom. The molecule has 8 fully saturated rings. The molecule has 438 valence electrons. The molecule has 0 radical (unpaired) electrons. The lowest BCUT2D eigenvalue weighted by Crippen LogP contribution is -2.67. The van der Waals surface area contributed by atoms with Crippen molar-refractivity contribution in [1.82, 2.24) is 0 Å². The molecule has 0 aromatic rings. The van der Waals surface area contributed by atoms with E-state index in [1.807, 2.05) is 6.92 Å². The molecule has 25 nitrogen and oxygen atoms in total. The lowest BCUT2D eigenvalue weighted by Gasteiger charge is -2.59. The molecule has 32 atom stereocenters. The number of rotatable bonds is 16. The average Bonchev–Trinajstić information content (AvgIpc) is 3.90. The van der Waals surface area contributed by atoms with Crippen LogP contribution in [-0.2, 0) is 42.6 Å². The number of allylic oxidation sites excluding steroid dienone is 1. The van der Waals surface area contributed by atoms with E-state index in [9.17, 15) is 81.7 Å². The van der Waals surface area contributed by atoms with Crippen molar-refractivity contribution >= 4 is 0 Å². The summed E-state index contributed by atoms with van der Waals surface area (Å²) in [6.07, 6.45) is -28.5. The van der Waals surface area contributed by atoms with Gasteiger partial charge in [0.15, 0.2) is 30.9 Å². The summed E-state index contributed by atoms with van der Waals surface area (Å²) in [4.78, 5) is 0. The third-order valence-corrected chi connectivity index (χ3v) is 19.6. The lowest BCUT2D eigenvalue weighted by molar-refractivity contribution is -0.397. The molecular formula is C51H84O25. The van der Waals surface area contributed by atoms with Crippen molar-refractivity contribution < 1.29 is 124 Å². The maximum absolute atomic E-state index is 12.1. The first-order valence-electron chi connectivity index (χ1n) is 27.2. The summed E-state index contributed by atoms with van der Waals surface area (Å²) in [6.45, 7) is 5.63. The zero-order valence-electron chi connectivity index (χ0n) is 43.3. The maximum atomic E-state index is 12.1. The van der Waals surface area contributed by atoms with Crippen molar-refractivity contribution in [2.24, 2.45) is 46.3 Å². The molecule has 0 aromatic heterocycles. The molecule has 0 aromatic carbocycles. The summed E-state index contributed by atoms with van der Waals surface area (Å²) in [7, 11) is 0. The van der Waals surface area contributed by atoms with Crippen LogP contribution < -0.4 is 0 Å². The highest BCUT2D eigenvalue weighted by Gasteiger charge is 2.68. The van der Waals surface area contributed by atoms with Crippen LogP contribution in [0.25, 0.3) is 0 Å². The van der Waals surface area contributed by atoms with E-state index in [1.165, 1.54) is 0 Å². The first-order chi connectivity index (χ1) is 35.9. The fourth-order valence-corrected chi connectivity index (χ4v) is 15.1. The molecule has 5 aliphatic heterocycles. The van der Waals surface area contributed by atoms with Crippen LogP contribution in [-0.4, -0.2) is 262 Å². The van der Waals surface area contributed by atoms with E-state index in [2.05, 4.69) is 26.8 Å². The number of aliphatic hydroxyl groups is 16. The predicted octanol–water partition coefficient (Wildman–Crippen LogP) is -5.06. The van der Waals surface area contributed by atoms with Gasteiger partial charge in [-0.1, -0.05) is 39.3 Å². The summed E-state index contributed by atoms with van der Waals surface area (Å²) in [5.74, 6) is -0.922. The molecule has 9 rings (SSSR count). The summed E-state index contributed by atoms with van der Waals surface area (Å²) in [6, 6.07) is 0. The highest BCUT2D eigenvalue weighted by Crippen LogP contribution is 2.70. The first kappa shape index (κ1) is 59.4. The molecule has 0 bridgehead atoms. The standard InChI is InChI=1S/C51H84O25/c1-19(18-68-45-41(65)37(61)33(57)28(14-52)70-45)7-10-51(67)20(2)32-27(76-51)12-24-22-6-5-21-11-26(25(56)13-50(21,4)23(22)8-9-49(24,32)3)69-47-43(39(63)35(59)30(16-54)72-47)75-48-44(40(64)36(60)31(17-55)73-48)74-46-42(66)38(62)34(58)29(15-53)71-46/h5,19-20,22-48,52-67H,6-18H2,1-4H3/t19-,20+,22-,23+,24+,25-,26-,27+,28-,29-,30-,31-,32+,33-,34-,35-,36-,37+,38+,39+,40+,41-,42-,43-,44-,45-,46+,47-,48+,49+,50+,51-/m1/s1. The Bertz CT molecular complexity index is 1970. The van der Waals surface area contributed by atoms with E-state index in [0.29, 0.717) is 19.3 Å². The number of hydrogen-bond donors (Lipinski definition) is 16. The van der Waals surface area contributed by atoms with Crippen LogP contribution in [0.3, 0.4) is 0 Å². The zero-order valence-corrected chi connectivity index (χ0v) is 43.3. The number of hydrogen-bond acceptors (Lipinski definition) is 25. The Morgan fingerprint density at radius 3 is 1.70 bits per heavy atom. The average molecular weight is 1100 g/mol. The van der Waals surface area contributed by atoms with E-state index in [4.69, 9.17) is 42.6 Å². The Balaban J connectivity index is 0.857. The molecule has 4 aliphatic carbocycles. The molecule has 0 spiro atoms. The zero-order chi connectivity index (χ0) is 55.1. The Hall–Kier alpha value is -1.26. The third-order valence-electron chi connectivity index (χ3n) is 19.6. The minimum atomic E-state index is -1.96. The second kappa shape index (κ2) is 23.2. The topological polar surface area (TPSA) is 407 Å². The SMILES string of the molecule is C[C@H](CC[C@@]1(O)O[C@H]2C[C@H]3[C@@H]4CC=C5C[C@@H](O[C@@H]6O[C@H](CO)[C@@H](O)[C@H](O)[C@H]6O[C@@H]6O[C@H](CO)[C@@H](O)[C@H](O)[C@H]6O[C@@H]6O[C@H](CO)[C@@H](O)[C@H](O)[C@H]6O)[C@H](O)C[C@]5(C)[C@H]4CC[C@]3(C)[C@H]2[C@@H]1C)CO[C@@H]1O[C@H](CO)[C@@H](O)[C@H](O)[C@H]1O. The Kier molecular flexibility index (Phi) is 18.1. The van der Waals surface area contributed by atoms with Crippen molar-refractivity contribution in [3.63, 3.8) is 0 Å². The van der Waals surface area contributed by atoms with E-state index in [-0.39, 0.29) is 60.1 Å². The van der Waals surface area contributed by atoms with Gasteiger partial charge in [0.25, 0.3) is 0 Å². The Labute approximate surface area is 440 Å². The molecular weight excluding hydrogens is 1010 g/mol. The number of fused-ring (bicyclic) bond motifs is 7. The fourth-order valence-electron chi connectivity index (χ4n) is 15.1. The van der Waals surface area contributed by atoms with Crippen molar-refractivity contribution in [3.05, 3.63) is 11.6 Å². The monoisotopic (exact) mass is 1100 g/mol. The molecule has 5 saturated heterocycles. The van der Waals surface area contributed by atoms with Gasteiger partial charge in [-0.3, -0.25) is 0 Å². The molecule has 3 saturated carbocycles. The van der Waals surface area contributed by atoms with Gasteiger partial charge in [0, 0.05) is 12.3 Å². The van der Waals surface area contributed by atoms with Gasteiger partial charge in [0.1, 0.15) is 97.7 Å². The molecule has 5 heterocycles. The first-order valence-corrected chi connectivity index (χ1v) is 27.2. The van der Waals surface area contributed by atoms with Gasteiger partial charge >= 0.3 is 0 Å². The summed E-state index contributed by atoms with van der Waals surface area (Å²) >= 11 is 0. The third kappa shape index (κ3) is 10.5. The van der Waals surface area contributed by atoms with Gasteiger partial charge in [-0.25, -0.2) is 0 Å². The van der Waals surface area contributed by atoms with Gasteiger partial charge in [-0.05, 0) is 85.4 Å².